The van der Waals surface area contributed by atoms with E-state index in [-0.39, 0.29) is 6.04 Å². The van der Waals surface area contributed by atoms with Crippen LogP contribution in [0.3, 0.4) is 0 Å². The fourth-order valence-electron chi connectivity index (χ4n) is 1.92. The van der Waals surface area contributed by atoms with E-state index in [1.165, 1.54) is 5.56 Å². The van der Waals surface area contributed by atoms with Gasteiger partial charge in [-0.1, -0.05) is 15.9 Å². The third-order valence-electron chi connectivity index (χ3n) is 3.05. The maximum Gasteiger partial charge on any atom is 0.123 e. The Kier molecular flexibility index (Phi) is 4.93. The highest BCUT2D eigenvalue weighted by Gasteiger charge is 2.07. The average Bonchev–Trinajstić information content (AvgIpc) is 2.46. The number of methoxy groups -OCH3 is 1. The van der Waals surface area contributed by atoms with Gasteiger partial charge in [0.05, 0.1) is 7.11 Å². The number of hydrogen-bond acceptors (Lipinski definition) is 3. The lowest BCUT2D eigenvalue weighted by molar-refractivity contribution is 0.406. The molecular formula is C15H17BrN2O. The minimum absolute atomic E-state index is 0.270. The van der Waals surface area contributed by atoms with E-state index in [1.807, 2.05) is 36.7 Å². The van der Waals surface area contributed by atoms with Gasteiger partial charge in [0.25, 0.3) is 0 Å². The molecule has 0 fully saturated rings. The fourth-order valence-corrected chi connectivity index (χ4v) is 2.33. The lowest BCUT2D eigenvalue weighted by Crippen LogP contribution is -2.18. The second-order valence-corrected chi connectivity index (χ2v) is 5.25. The van der Waals surface area contributed by atoms with Crippen LogP contribution in [0.2, 0.25) is 0 Å². The van der Waals surface area contributed by atoms with Crippen LogP contribution in [-0.4, -0.2) is 12.1 Å². The molecule has 4 heteroatoms. The molecule has 0 saturated carbocycles. The Bertz CT molecular complexity index is 531. The van der Waals surface area contributed by atoms with Crippen molar-refractivity contribution in [3.8, 4) is 5.75 Å². The Morgan fingerprint density at radius 2 is 2.00 bits per heavy atom. The van der Waals surface area contributed by atoms with Gasteiger partial charge in [0.1, 0.15) is 5.75 Å². The highest BCUT2D eigenvalue weighted by atomic mass is 79.9. The van der Waals surface area contributed by atoms with Crippen molar-refractivity contribution in [3.05, 3.63) is 58.3 Å². The van der Waals surface area contributed by atoms with Gasteiger partial charge in [-0.15, -0.1) is 0 Å². The summed E-state index contributed by atoms with van der Waals surface area (Å²) in [6.45, 7) is 2.89. The maximum atomic E-state index is 5.37. The summed E-state index contributed by atoms with van der Waals surface area (Å²) in [4.78, 5) is 4.03. The topological polar surface area (TPSA) is 34.1 Å². The Morgan fingerprint density at radius 3 is 2.68 bits per heavy atom. The predicted molar refractivity (Wildman–Crippen MR) is 80.2 cm³/mol. The largest absolute Gasteiger partial charge is 0.496 e. The second kappa shape index (κ2) is 6.68. The number of aromatic nitrogens is 1. The standard InChI is InChI=1S/C15H17BrN2O/c1-11(12-5-7-17-8-6-12)18-10-13-9-14(16)3-4-15(13)19-2/h3-9,11,18H,10H2,1-2H3/t11-/m1/s1. The molecule has 0 spiro atoms. The lowest BCUT2D eigenvalue weighted by Gasteiger charge is -2.16. The van der Waals surface area contributed by atoms with Crippen molar-refractivity contribution in [1.29, 1.82) is 0 Å². The van der Waals surface area contributed by atoms with Crippen LogP contribution < -0.4 is 10.1 Å². The van der Waals surface area contributed by atoms with Gasteiger partial charge in [0, 0.05) is 35.0 Å². The van der Waals surface area contributed by atoms with Crippen molar-refractivity contribution in [1.82, 2.24) is 10.3 Å². The average molecular weight is 321 g/mol. The number of pyridine rings is 1. The normalized spacial score (nSPS) is 12.2. The smallest absolute Gasteiger partial charge is 0.123 e. The van der Waals surface area contributed by atoms with Crippen molar-refractivity contribution >= 4 is 15.9 Å². The molecule has 100 valence electrons. The van der Waals surface area contributed by atoms with E-state index in [0.717, 1.165) is 22.3 Å². The zero-order valence-electron chi connectivity index (χ0n) is 11.1. The van der Waals surface area contributed by atoms with Gasteiger partial charge < -0.3 is 10.1 Å². The van der Waals surface area contributed by atoms with Gasteiger partial charge in [-0.25, -0.2) is 0 Å². The Labute approximate surface area is 122 Å². The SMILES string of the molecule is COc1ccc(Br)cc1CN[C@H](C)c1ccncc1. The summed E-state index contributed by atoms with van der Waals surface area (Å²) in [5, 5.41) is 3.49. The van der Waals surface area contributed by atoms with Crippen LogP contribution >= 0.6 is 15.9 Å². The molecule has 0 aliphatic heterocycles. The molecule has 0 radical (unpaired) electrons. The van der Waals surface area contributed by atoms with Gasteiger partial charge in [0.2, 0.25) is 0 Å². The van der Waals surface area contributed by atoms with E-state index in [0.29, 0.717) is 0 Å². The molecular weight excluding hydrogens is 304 g/mol. The zero-order valence-corrected chi connectivity index (χ0v) is 12.6. The number of rotatable bonds is 5. The Hall–Kier alpha value is -1.39. The van der Waals surface area contributed by atoms with E-state index in [9.17, 15) is 0 Å². The molecule has 3 nitrogen and oxygen atoms in total. The molecule has 2 rings (SSSR count). The van der Waals surface area contributed by atoms with Crippen LogP contribution in [0.1, 0.15) is 24.1 Å². The van der Waals surface area contributed by atoms with E-state index in [1.54, 1.807) is 7.11 Å². The summed E-state index contributed by atoms with van der Waals surface area (Å²) in [6.07, 6.45) is 3.63. The van der Waals surface area contributed by atoms with E-state index in [2.05, 4.69) is 39.2 Å². The van der Waals surface area contributed by atoms with Gasteiger partial charge in [0.15, 0.2) is 0 Å². The van der Waals surface area contributed by atoms with Crippen molar-refractivity contribution in [3.63, 3.8) is 0 Å². The second-order valence-electron chi connectivity index (χ2n) is 4.34. The number of benzene rings is 1. The summed E-state index contributed by atoms with van der Waals surface area (Å²) < 4.78 is 6.42. The minimum atomic E-state index is 0.270. The molecule has 0 saturated heterocycles. The molecule has 1 N–H and O–H groups in total. The molecule has 0 bridgehead atoms. The number of nitrogens with zero attached hydrogens (tertiary/aromatic N) is 1. The lowest BCUT2D eigenvalue weighted by atomic mass is 10.1. The minimum Gasteiger partial charge on any atom is -0.496 e. The molecule has 2 aromatic rings. The number of nitrogens with one attached hydrogen (secondary N) is 1. The number of hydrogen-bond donors (Lipinski definition) is 1. The highest BCUT2D eigenvalue weighted by molar-refractivity contribution is 9.10. The number of ether oxygens (including phenoxy) is 1. The molecule has 0 unspecified atom stereocenters. The van der Waals surface area contributed by atoms with Crippen molar-refractivity contribution < 1.29 is 4.74 Å². The summed E-state index contributed by atoms with van der Waals surface area (Å²) in [7, 11) is 1.69. The monoisotopic (exact) mass is 320 g/mol. The van der Waals surface area contributed by atoms with Crippen LogP contribution in [0.4, 0.5) is 0 Å². The van der Waals surface area contributed by atoms with Crippen LogP contribution in [0, 0.1) is 0 Å². The molecule has 1 heterocycles. The quantitative estimate of drug-likeness (QED) is 0.912. The molecule has 1 aromatic carbocycles. The van der Waals surface area contributed by atoms with Gasteiger partial charge in [-0.3, -0.25) is 4.98 Å². The molecule has 1 atom stereocenters. The van der Waals surface area contributed by atoms with Crippen LogP contribution in [0.25, 0.3) is 0 Å². The Balaban J connectivity index is 2.04. The van der Waals surface area contributed by atoms with Crippen molar-refractivity contribution in [2.45, 2.75) is 19.5 Å². The molecule has 0 amide bonds. The van der Waals surface area contributed by atoms with Crippen LogP contribution in [0.5, 0.6) is 5.75 Å². The number of halogens is 1. The van der Waals surface area contributed by atoms with E-state index >= 15 is 0 Å². The third-order valence-corrected chi connectivity index (χ3v) is 3.54. The van der Waals surface area contributed by atoms with E-state index in [4.69, 9.17) is 4.74 Å². The first-order valence-corrected chi connectivity index (χ1v) is 6.95. The van der Waals surface area contributed by atoms with Crippen LogP contribution in [-0.2, 0) is 6.54 Å². The molecule has 19 heavy (non-hydrogen) atoms. The summed E-state index contributed by atoms with van der Waals surface area (Å²) >= 11 is 3.49. The van der Waals surface area contributed by atoms with Crippen molar-refractivity contribution in [2.75, 3.05) is 7.11 Å². The zero-order chi connectivity index (χ0) is 13.7. The van der Waals surface area contributed by atoms with Gasteiger partial charge in [-0.05, 0) is 42.8 Å². The van der Waals surface area contributed by atoms with Crippen LogP contribution in [0.15, 0.2) is 47.2 Å². The van der Waals surface area contributed by atoms with Crippen molar-refractivity contribution in [2.24, 2.45) is 0 Å². The predicted octanol–water partition coefficient (Wildman–Crippen LogP) is 3.70. The first-order valence-electron chi connectivity index (χ1n) is 6.16. The fraction of sp³-hybridized carbons (Fsp3) is 0.267. The van der Waals surface area contributed by atoms with Gasteiger partial charge in [-0.2, -0.15) is 0 Å². The molecule has 0 aliphatic carbocycles. The summed E-state index contributed by atoms with van der Waals surface area (Å²) in [5.41, 5.74) is 2.36. The van der Waals surface area contributed by atoms with E-state index < -0.39 is 0 Å². The maximum absolute atomic E-state index is 5.37. The summed E-state index contributed by atoms with van der Waals surface area (Å²) in [5.74, 6) is 0.901. The Morgan fingerprint density at radius 1 is 1.26 bits per heavy atom. The third kappa shape index (κ3) is 3.78. The first-order chi connectivity index (χ1) is 9.20. The molecule has 0 aliphatic rings. The summed E-state index contributed by atoms with van der Waals surface area (Å²) in [6, 6.07) is 10.3. The van der Waals surface area contributed by atoms with Gasteiger partial charge >= 0.3 is 0 Å². The highest BCUT2D eigenvalue weighted by Crippen LogP contribution is 2.23. The first kappa shape index (κ1) is 14.0. The molecule has 1 aromatic heterocycles.